The number of benzene rings is 18. The molecule has 0 N–H and O–H groups in total. The Labute approximate surface area is 814 Å². The zero-order valence-electron chi connectivity index (χ0n) is 78.1. The first-order chi connectivity index (χ1) is 69.2. The van der Waals surface area contributed by atoms with Gasteiger partial charge in [-0.15, -0.1) is 0 Å². The predicted octanol–water partition coefficient (Wildman–Crippen LogP) is 28.8. The van der Waals surface area contributed by atoms with Gasteiger partial charge in [-0.2, -0.15) is 0 Å². The Kier molecular flexibility index (Phi) is 18.2. The maximum absolute atomic E-state index is 6.55. The molecule has 0 amide bonds. The van der Waals surface area contributed by atoms with Gasteiger partial charge in [-0.1, -0.05) is 349 Å². The van der Waals surface area contributed by atoms with Crippen molar-refractivity contribution in [1.82, 2.24) is 43.6 Å². The van der Waals surface area contributed by atoms with Gasteiger partial charge in [-0.25, -0.2) is 29.9 Å². The minimum absolute atomic E-state index is 0.766. The van der Waals surface area contributed by atoms with Gasteiger partial charge in [0.25, 0.3) is 0 Å². The lowest BCUT2D eigenvalue weighted by molar-refractivity contribution is 0.669. The van der Waals surface area contributed by atoms with Crippen molar-refractivity contribution < 1.29 is 13.3 Å². The summed E-state index contributed by atoms with van der Waals surface area (Å²) in [4.78, 5) is 31.7. The highest BCUT2D eigenvalue weighted by atomic mass is 28.3. The zero-order chi connectivity index (χ0) is 93.8. The van der Waals surface area contributed by atoms with Crippen molar-refractivity contribution in [3.63, 3.8) is 0 Å². The molecule has 0 radical (unpaired) electrons. The maximum atomic E-state index is 6.55. The van der Waals surface area contributed by atoms with Crippen LogP contribution in [0.1, 0.15) is 0 Å². The summed E-state index contributed by atoms with van der Waals surface area (Å²) >= 11 is 0. The molecule has 141 heavy (non-hydrogen) atoms. The third kappa shape index (κ3) is 12.5. The Morgan fingerprint density at radius 1 is 0.191 bits per heavy atom. The molecule has 0 saturated heterocycles. The van der Waals surface area contributed by atoms with Crippen LogP contribution < -0.4 is 31.1 Å². The molecule has 0 unspecified atom stereocenters. The van der Waals surface area contributed by atoms with Crippen LogP contribution in [0, 0.1) is 0 Å². The summed E-state index contributed by atoms with van der Waals surface area (Å²) in [6.07, 6.45) is 0. The molecule has 12 heterocycles. The van der Waals surface area contributed by atoms with E-state index < -0.39 is 24.2 Å². The fourth-order valence-electron chi connectivity index (χ4n) is 23.4. The first-order valence-electron chi connectivity index (χ1n) is 48.3. The van der Waals surface area contributed by atoms with E-state index in [1.807, 2.05) is 42.5 Å². The molecule has 0 aliphatic carbocycles. The van der Waals surface area contributed by atoms with Gasteiger partial charge in [0.05, 0.1) is 72.6 Å². The molecule has 27 aromatic rings. The van der Waals surface area contributed by atoms with Gasteiger partial charge in [0, 0.05) is 110 Å². The van der Waals surface area contributed by atoms with Crippen molar-refractivity contribution in [2.45, 2.75) is 39.3 Å². The number of nitrogens with zero attached hydrogens (tertiary/aromatic N) is 9. The Morgan fingerprint density at radius 2 is 0.511 bits per heavy atom. The van der Waals surface area contributed by atoms with Crippen molar-refractivity contribution in [3.8, 4) is 119 Å². The Hall–Kier alpha value is -17.3. The second-order valence-corrected chi connectivity index (χ2v) is 51.9. The summed E-state index contributed by atoms with van der Waals surface area (Å²) in [7, 11) is -6.70. The zero-order valence-corrected chi connectivity index (χ0v) is 81.1. The highest BCUT2D eigenvalue weighted by molar-refractivity contribution is 7.06. The first-order valence-corrected chi connectivity index (χ1v) is 57.3. The van der Waals surface area contributed by atoms with E-state index in [0.29, 0.717) is 0 Å². The van der Waals surface area contributed by atoms with E-state index >= 15 is 0 Å². The Balaban J connectivity index is 0.000000104. The smallest absolute Gasteiger partial charge is 0.160 e. The lowest BCUT2D eigenvalue weighted by Crippen LogP contribution is -2.50. The third-order valence-electron chi connectivity index (χ3n) is 29.9. The van der Waals surface area contributed by atoms with E-state index in [-0.39, 0.29) is 0 Å². The van der Waals surface area contributed by atoms with Gasteiger partial charge in [0.1, 0.15) is 57.7 Å². The van der Waals surface area contributed by atoms with Gasteiger partial charge < -0.3 is 27.0 Å². The molecular formula is C126H87N9O3Si3. The molecule has 30 rings (SSSR count). The van der Waals surface area contributed by atoms with Crippen molar-refractivity contribution in [1.29, 1.82) is 0 Å². The van der Waals surface area contributed by atoms with Crippen LogP contribution in [0.4, 0.5) is 0 Å². The third-order valence-corrected chi connectivity index (χ3v) is 40.4. The second kappa shape index (κ2) is 31.3. The number of fused-ring (bicyclic) bond motifs is 29. The van der Waals surface area contributed by atoms with Crippen LogP contribution >= 0.6 is 0 Å². The van der Waals surface area contributed by atoms with E-state index in [1.54, 1.807) is 0 Å². The van der Waals surface area contributed by atoms with Crippen LogP contribution in [-0.2, 0) is 0 Å². The van der Waals surface area contributed by atoms with Crippen LogP contribution in [0.3, 0.4) is 0 Å². The number of para-hydroxylation sites is 6. The molecule has 3 aliphatic heterocycles. The van der Waals surface area contributed by atoms with Crippen molar-refractivity contribution in [2.75, 3.05) is 0 Å². The first kappa shape index (κ1) is 82.0. The molecule has 0 saturated carbocycles. The number of rotatable bonds is 9. The summed E-state index contributed by atoms with van der Waals surface area (Å²) in [5.41, 5.74) is 32.6. The highest BCUT2D eigenvalue weighted by Gasteiger charge is 2.46. The molecule has 0 atom stereocenters. The Bertz CT molecular complexity index is 9710. The molecule has 12 nitrogen and oxygen atoms in total. The number of aromatic nitrogens is 9. The maximum Gasteiger partial charge on any atom is 0.160 e. The van der Waals surface area contributed by atoms with Crippen molar-refractivity contribution in [3.05, 3.63) is 419 Å². The van der Waals surface area contributed by atoms with Crippen LogP contribution in [0.5, 0.6) is 0 Å². The van der Waals surface area contributed by atoms with Crippen molar-refractivity contribution in [2.24, 2.45) is 0 Å². The van der Waals surface area contributed by atoms with Crippen molar-refractivity contribution >= 4 is 187 Å². The normalized spacial score (nSPS) is 13.5. The molecule has 666 valence electrons. The van der Waals surface area contributed by atoms with Gasteiger partial charge >= 0.3 is 0 Å². The van der Waals surface area contributed by atoms with E-state index in [4.69, 9.17) is 43.2 Å². The molecule has 0 spiro atoms. The minimum Gasteiger partial charge on any atom is -0.456 e. The fraction of sp³-hybridized carbons (Fsp3) is 0.0476. The summed E-state index contributed by atoms with van der Waals surface area (Å²) in [5, 5.41) is 22.2. The number of furan rings is 3. The predicted molar refractivity (Wildman–Crippen MR) is 590 cm³/mol. The SMILES string of the molecule is C[Si]1(C)c2cc(-n3c4ccccc4c4c5c(ccc43)oc3ccccc35)ccc2-c2nc(-c3ccccc3)nc(-c3ccccc3)c21.C[Si]1(C)c2cc(-n3c4ccccc4c4c5oc6ccccc6c5ccc43)ccc2-c2nc(-c3ccccc3)nc(-c3ccccc3)c21.C[Si]1(C)c2cc(-n3c4ccccc4c4cc5oc6ccccc6c5cc43)ccc2-c2nc(-c3ccccc3)nc(-c3ccccc3)c21. The standard InChI is InChI=1S/3C42H29N3OSi/c1-47(2)36-25-28(45-33-19-11-9-18-31(33)37-34(45)24-23-30-29-17-10-12-20-35(29)46-40(30)37)21-22-32(36)39-41(47)38(26-13-5-3-6-14-26)43-42(44-39)27-15-7-4-8-16-27;1-47(2)38-23-28(45-34-19-11-9-17-29(34)32-25-37-33(24-35(32)45)30-18-10-12-20-36(30)46-37)21-22-31(38)40-41(47)39(26-13-5-3-6-14-26)43-42(44-40)27-15-7-4-8-16-27;1-47(2)36-25-28(45-32-19-11-9-17-29(32)37-33(45)23-24-35-38(37)30-18-10-12-20-34(30)46-35)21-22-31(36)40-41(47)39(26-13-5-3-6-14-26)43-42(44-40)27-15-7-4-8-16-27/h3*3-25H,1-2H3. The molecule has 18 aromatic carbocycles. The lowest BCUT2D eigenvalue weighted by Gasteiger charge is -2.22. The molecule has 0 fully saturated rings. The van der Waals surface area contributed by atoms with E-state index in [0.717, 1.165) is 173 Å². The van der Waals surface area contributed by atoms with Gasteiger partial charge in [0.2, 0.25) is 0 Å². The second-order valence-electron chi connectivity index (χ2n) is 39.0. The quantitative estimate of drug-likeness (QED) is 0.130. The monoisotopic (exact) mass is 1860 g/mol. The van der Waals surface area contributed by atoms with Gasteiger partial charge in [-0.3, -0.25) is 0 Å². The van der Waals surface area contributed by atoms with Crippen LogP contribution in [0.15, 0.2) is 432 Å². The van der Waals surface area contributed by atoms with Gasteiger partial charge in [-0.05, 0) is 157 Å². The summed E-state index contributed by atoms with van der Waals surface area (Å²) in [5.74, 6) is 2.30. The Morgan fingerprint density at radius 3 is 0.950 bits per heavy atom. The van der Waals surface area contributed by atoms with Crippen LogP contribution in [0.25, 0.3) is 250 Å². The van der Waals surface area contributed by atoms with Crippen LogP contribution in [-0.4, -0.2) is 67.8 Å². The molecule has 9 aromatic heterocycles. The van der Waals surface area contributed by atoms with E-state index in [1.165, 1.54) is 108 Å². The van der Waals surface area contributed by atoms with Gasteiger partial charge in [0.15, 0.2) is 17.5 Å². The average Bonchev–Trinajstić information content (AvgIpc) is 1.54. The topological polar surface area (TPSA) is 132 Å². The van der Waals surface area contributed by atoms with E-state index in [9.17, 15) is 0 Å². The molecule has 0 bridgehead atoms. The minimum atomic E-state index is -2.23. The summed E-state index contributed by atoms with van der Waals surface area (Å²) in [6, 6.07) is 148. The lowest BCUT2D eigenvalue weighted by atomic mass is 10.1. The highest BCUT2D eigenvalue weighted by Crippen LogP contribution is 2.48. The summed E-state index contributed by atoms with van der Waals surface area (Å²) in [6.45, 7) is 14.7. The summed E-state index contributed by atoms with van der Waals surface area (Å²) < 4.78 is 26.5. The number of hydrogen-bond acceptors (Lipinski definition) is 9. The molecule has 3 aliphatic rings. The van der Waals surface area contributed by atoms with E-state index in [2.05, 4.69) is 429 Å². The number of hydrogen-bond donors (Lipinski definition) is 0. The largest absolute Gasteiger partial charge is 0.456 e. The van der Waals surface area contributed by atoms with Crippen LogP contribution in [0.2, 0.25) is 39.3 Å². The average molecular weight is 1860 g/mol. The molecular weight excluding hydrogens is 1770 g/mol. The molecule has 15 heteroatoms. The fourth-order valence-corrected chi connectivity index (χ4v) is 33.1.